The molecule has 0 aromatic carbocycles. The van der Waals surface area contributed by atoms with Crippen LogP contribution in [-0.4, -0.2) is 28.1 Å². The zero-order valence-corrected chi connectivity index (χ0v) is 15.2. The van der Waals surface area contributed by atoms with Gasteiger partial charge in [0.1, 0.15) is 0 Å². The quantitative estimate of drug-likeness (QED) is 0.661. The summed E-state index contributed by atoms with van der Waals surface area (Å²) in [7, 11) is -1.71. The van der Waals surface area contributed by atoms with Crippen LogP contribution in [0.3, 0.4) is 0 Å². The molecule has 0 aliphatic carbocycles. The normalized spacial score (nSPS) is 13.9. The second-order valence-electron chi connectivity index (χ2n) is 5.84. The van der Waals surface area contributed by atoms with Crippen molar-refractivity contribution < 1.29 is 0 Å². The Morgan fingerprint density at radius 3 is 1.88 bits per heavy atom. The van der Waals surface area contributed by atoms with Crippen LogP contribution in [0.15, 0.2) is 11.3 Å². The molecule has 0 aromatic rings. The van der Waals surface area contributed by atoms with Crippen LogP contribution >= 0.6 is 0 Å². The summed E-state index contributed by atoms with van der Waals surface area (Å²) in [5, 5.41) is 3.71. The van der Waals surface area contributed by atoms with Crippen molar-refractivity contribution in [1.82, 2.24) is 5.32 Å². The minimum atomic E-state index is -0.976. The molecule has 0 rings (SSSR count). The largest absolute Gasteiger partial charge is 0.317 e. The van der Waals surface area contributed by atoms with Crippen molar-refractivity contribution >= 4 is 15.9 Å². The molecule has 17 heavy (non-hydrogen) atoms. The van der Waals surface area contributed by atoms with E-state index in [0.717, 1.165) is 0 Å². The summed E-state index contributed by atoms with van der Waals surface area (Å²) >= 11 is 0. The van der Waals surface area contributed by atoms with Crippen molar-refractivity contribution in [2.45, 2.75) is 72.6 Å². The van der Waals surface area contributed by atoms with Crippen molar-refractivity contribution in [3.63, 3.8) is 0 Å². The first-order valence-corrected chi connectivity index (χ1v) is 13.2. The Morgan fingerprint density at radius 1 is 1.12 bits per heavy atom. The van der Waals surface area contributed by atoms with Gasteiger partial charge in [-0.15, -0.1) is 5.70 Å². The second-order valence-corrected chi connectivity index (χ2v) is 18.5. The molecule has 0 saturated carbocycles. The van der Waals surface area contributed by atoms with Crippen LogP contribution < -0.4 is 5.32 Å². The van der Waals surface area contributed by atoms with Crippen LogP contribution in [0.2, 0.25) is 18.1 Å². The van der Waals surface area contributed by atoms with E-state index in [2.05, 4.69) is 59.5 Å². The Balaban J connectivity index is 4.92. The van der Waals surface area contributed by atoms with Crippen LogP contribution in [0.5, 0.6) is 0 Å². The van der Waals surface area contributed by atoms with Crippen LogP contribution in [-0.2, 0) is 0 Å². The van der Waals surface area contributed by atoms with Crippen molar-refractivity contribution in [2.24, 2.45) is 0 Å². The number of rotatable bonds is 8. The first-order chi connectivity index (χ1) is 7.91. The summed E-state index contributed by atoms with van der Waals surface area (Å²) < 4.78 is 0. The highest BCUT2D eigenvalue weighted by Gasteiger charge is 2.35. The van der Waals surface area contributed by atoms with E-state index in [1.165, 1.54) is 24.3 Å². The highest BCUT2D eigenvalue weighted by Crippen LogP contribution is 2.24. The van der Waals surface area contributed by atoms with Gasteiger partial charge in [-0.2, -0.15) is 0 Å². The van der Waals surface area contributed by atoms with Crippen LogP contribution in [0, 0.1) is 0 Å². The number of allylic oxidation sites excluding steroid dienone is 1. The van der Waals surface area contributed by atoms with E-state index in [-0.39, 0.29) is 0 Å². The molecule has 0 spiro atoms. The molecule has 1 atom stereocenters. The van der Waals surface area contributed by atoms with Gasteiger partial charge in [0.15, 0.2) is 0 Å². The molecule has 0 amide bonds. The molecule has 0 radical (unpaired) electrons. The monoisotopic (exact) mass is 271 g/mol. The highest BCUT2D eigenvalue weighted by molar-refractivity contribution is 7.35. The predicted molar refractivity (Wildman–Crippen MR) is 86.9 cm³/mol. The third kappa shape index (κ3) is 5.53. The highest BCUT2D eigenvalue weighted by atomic mass is 29.2. The summed E-state index contributed by atoms with van der Waals surface area (Å²) in [4.78, 5) is 0. The Bertz CT molecular complexity index is 220. The zero-order valence-electron chi connectivity index (χ0n) is 13.1. The fourth-order valence-corrected chi connectivity index (χ4v) is 16.7. The molecule has 0 fully saturated rings. The summed E-state index contributed by atoms with van der Waals surface area (Å²) in [6, 6.07) is 5.05. The molecule has 0 saturated heterocycles. The lowest BCUT2D eigenvalue weighted by atomic mass is 10.4. The van der Waals surface area contributed by atoms with Gasteiger partial charge in [-0.05, 0) is 20.0 Å². The minimum Gasteiger partial charge on any atom is -0.317 e. The first-order valence-electron chi connectivity index (χ1n) is 7.30. The van der Waals surface area contributed by atoms with Crippen LogP contribution in [0.1, 0.15) is 48.5 Å². The van der Waals surface area contributed by atoms with Gasteiger partial charge < -0.3 is 5.32 Å². The smallest absolute Gasteiger partial charge is 0.0708 e. The Morgan fingerprint density at radius 2 is 1.59 bits per heavy atom. The Hall–Kier alpha value is 0.134. The summed E-state index contributed by atoms with van der Waals surface area (Å²) in [6.45, 7) is 16.4. The van der Waals surface area contributed by atoms with Crippen LogP contribution in [0.4, 0.5) is 0 Å². The molecule has 0 heterocycles. The molecular weight excluding hydrogens is 238 g/mol. The average molecular weight is 272 g/mol. The number of hydrogen-bond donors (Lipinski definition) is 1. The van der Waals surface area contributed by atoms with Gasteiger partial charge in [-0.25, -0.2) is 0 Å². The van der Waals surface area contributed by atoms with Crippen molar-refractivity contribution in [3.05, 3.63) is 11.3 Å². The molecule has 0 aliphatic rings. The van der Waals surface area contributed by atoms with Gasteiger partial charge in [-0.3, -0.25) is 0 Å². The molecule has 1 nitrogen and oxygen atoms in total. The molecule has 102 valence electrons. The Kier molecular flexibility index (Phi) is 8.34. The van der Waals surface area contributed by atoms with Gasteiger partial charge in [0, 0.05) is 13.6 Å². The topological polar surface area (TPSA) is 12.0 Å². The van der Waals surface area contributed by atoms with E-state index >= 15 is 0 Å². The van der Waals surface area contributed by atoms with Crippen LogP contribution in [0.25, 0.3) is 0 Å². The average Bonchev–Trinajstić information content (AvgIpc) is 2.27. The molecule has 1 N–H and O–H groups in total. The predicted octanol–water partition coefficient (Wildman–Crippen LogP) is 3.84. The van der Waals surface area contributed by atoms with Gasteiger partial charge in [0.25, 0.3) is 0 Å². The van der Waals surface area contributed by atoms with Gasteiger partial charge in [0.2, 0.25) is 0 Å². The molecule has 3 heteroatoms. The van der Waals surface area contributed by atoms with Gasteiger partial charge >= 0.3 is 0 Å². The van der Waals surface area contributed by atoms with E-state index < -0.39 is 15.9 Å². The summed E-state index contributed by atoms with van der Waals surface area (Å²) in [5.74, 6) is 0. The molecule has 0 aromatic heterocycles. The van der Waals surface area contributed by atoms with Crippen molar-refractivity contribution in [3.8, 4) is 0 Å². The third-order valence-corrected chi connectivity index (χ3v) is 21.2. The Labute approximate surface area is 111 Å². The number of hydrogen-bond acceptors (Lipinski definition) is 1. The minimum absolute atomic E-state index is 0.632. The van der Waals surface area contributed by atoms with E-state index in [0.29, 0.717) is 6.04 Å². The molecule has 0 bridgehead atoms. The SMILES string of the molecule is CC[Si](CC)(CC)[SiH](C=C(C)C)CNC(C)C. The third-order valence-electron chi connectivity index (χ3n) is 4.18. The molecule has 1 unspecified atom stereocenters. The lowest BCUT2D eigenvalue weighted by molar-refractivity contribution is 0.648. The van der Waals surface area contributed by atoms with Crippen molar-refractivity contribution in [2.75, 3.05) is 6.17 Å². The maximum absolute atomic E-state index is 3.71. The fourth-order valence-electron chi connectivity index (χ4n) is 2.75. The zero-order chi connectivity index (χ0) is 13.5. The maximum atomic E-state index is 3.71. The second kappa shape index (κ2) is 8.27. The first kappa shape index (κ1) is 17.1. The fraction of sp³-hybridized carbons (Fsp3) is 0.857. The van der Waals surface area contributed by atoms with Crippen molar-refractivity contribution in [1.29, 1.82) is 0 Å². The molecular formula is C14H33NSi2. The van der Waals surface area contributed by atoms with Gasteiger partial charge in [0.05, 0.1) is 8.31 Å². The summed E-state index contributed by atoms with van der Waals surface area (Å²) in [6.07, 6.45) is 1.31. The lowest BCUT2D eigenvalue weighted by Gasteiger charge is -2.35. The van der Waals surface area contributed by atoms with E-state index in [1.807, 2.05) is 0 Å². The van der Waals surface area contributed by atoms with E-state index in [1.54, 1.807) is 5.57 Å². The summed E-state index contributed by atoms with van der Waals surface area (Å²) in [5.41, 5.74) is 4.22. The van der Waals surface area contributed by atoms with E-state index in [4.69, 9.17) is 0 Å². The lowest BCUT2D eigenvalue weighted by Crippen LogP contribution is -2.55. The standard InChI is InChI=1S/C14H33NSi2/c1-8-17(9-2,10-3)16(11-13(4)5)12-15-14(6)7/h11,14-16H,8-10,12H2,1-7H3. The molecule has 0 aliphatic heterocycles. The van der Waals surface area contributed by atoms with E-state index in [9.17, 15) is 0 Å². The maximum Gasteiger partial charge on any atom is 0.0708 e. The number of nitrogens with one attached hydrogen (secondary N) is 1. The van der Waals surface area contributed by atoms with Gasteiger partial charge in [-0.1, -0.05) is 58.3 Å².